The molecule has 4 rings (SSSR count). The molecule has 0 aliphatic carbocycles. The number of halogens is 3. The van der Waals surface area contributed by atoms with Gasteiger partial charge in [0, 0.05) is 16.5 Å². The highest BCUT2D eigenvalue weighted by atomic mass is 19.4. The molecule has 0 aromatic heterocycles. The number of hydrogen-bond donors (Lipinski definition) is 1. The lowest BCUT2D eigenvalue weighted by Crippen LogP contribution is -2.27. The van der Waals surface area contributed by atoms with Gasteiger partial charge in [-0.1, -0.05) is 84.9 Å². The summed E-state index contributed by atoms with van der Waals surface area (Å²) in [6.45, 7) is 15.1. The van der Waals surface area contributed by atoms with Gasteiger partial charge in [0.25, 0.3) is 0 Å². The first kappa shape index (κ1) is 26.9. The fourth-order valence-corrected chi connectivity index (χ4v) is 5.50. The summed E-state index contributed by atoms with van der Waals surface area (Å²) in [5.74, 6) is 0.0745. The molecular formula is C31H35F3N2O. The van der Waals surface area contributed by atoms with Crippen LogP contribution in [0, 0.1) is 5.41 Å². The van der Waals surface area contributed by atoms with Crippen molar-refractivity contribution in [3.8, 4) is 5.75 Å². The van der Waals surface area contributed by atoms with Gasteiger partial charge in [0.15, 0.2) is 6.17 Å². The molecule has 3 nitrogen and oxygen atoms in total. The highest BCUT2D eigenvalue weighted by Crippen LogP contribution is 2.46. The second-order valence-electron chi connectivity index (χ2n) is 12.4. The molecule has 0 bridgehead atoms. The molecule has 37 heavy (non-hydrogen) atoms. The predicted octanol–water partition coefficient (Wildman–Crippen LogP) is 7.40. The number of benzene rings is 3. The van der Waals surface area contributed by atoms with Gasteiger partial charge >= 0.3 is 6.18 Å². The van der Waals surface area contributed by atoms with Gasteiger partial charge in [-0.05, 0) is 52.6 Å². The Bertz CT molecular complexity index is 1430. The van der Waals surface area contributed by atoms with Gasteiger partial charge in [-0.2, -0.15) is 13.2 Å². The van der Waals surface area contributed by atoms with E-state index in [1.54, 1.807) is 0 Å². The molecule has 0 radical (unpaired) electrons. The Morgan fingerprint density at radius 2 is 1.35 bits per heavy atom. The minimum Gasteiger partial charge on any atom is -0.507 e. The zero-order valence-electron chi connectivity index (χ0n) is 22.5. The van der Waals surface area contributed by atoms with Crippen LogP contribution < -0.4 is 10.7 Å². The third-order valence-electron chi connectivity index (χ3n) is 7.17. The number of rotatable bonds is 5. The third kappa shape index (κ3) is 5.43. The van der Waals surface area contributed by atoms with E-state index in [9.17, 15) is 18.3 Å². The second kappa shape index (κ2) is 9.00. The van der Waals surface area contributed by atoms with Crippen molar-refractivity contribution < 1.29 is 18.3 Å². The lowest BCUT2D eigenvalue weighted by atomic mass is 9.69. The van der Waals surface area contributed by atoms with Crippen LogP contribution in [0.25, 0.3) is 0 Å². The first-order valence-electron chi connectivity index (χ1n) is 12.6. The number of alkyl halides is 3. The molecule has 1 unspecified atom stereocenters. The first-order valence-corrected chi connectivity index (χ1v) is 12.6. The van der Waals surface area contributed by atoms with E-state index in [1.807, 2.05) is 36.4 Å². The van der Waals surface area contributed by atoms with E-state index in [2.05, 4.69) is 64.5 Å². The molecule has 0 spiro atoms. The molecule has 196 valence electrons. The van der Waals surface area contributed by atoms with Gasteiger partial charge in [0.1, 0.15) is 5.75 Å². The molecule has 0 saturated heterocycles. The van der Waals surface area contributed by atoms with Crippen LogP contribution in [-0.2, 0) is 17.0 Å². The Morgan fingerprint density at radius 3 is 1.95 bits per heavy atom. The summed E-state index contributed by atoms with van der Waals surface area (Å²) < 4.78 is 39.9. The average molecular weight is 509 g/mol. The lowest BCUT2D eigenvalue weighted by Gasteiger charge is -2.36. The van der Waals surface area contributed by atoms with Crippen molar-refractivity contribution >= 4 is 0 Å². The van der Waals surface area contributed by atoms with Gasteiger partial charge in [-0.25, -0.2) is 0 Å². The van der Waals surface area contributed by atoms with Crippen molar-refractivity contribution in [3.05, 3.63) is 99.2 Å². The second-order valence-corrected chi connectivity index (χ2v) is 12.4. The monoisotopic (exact) mass is 508 g/mol. The Kier molecular flexibility index (Phi) is 6.54. The highest BCUT2D eigenvalue weighted by Gasteiger charge is 2.35. The van der Waals surface area contributed by atoms with Gasteiger partial charge in [0.2, 0.25) is 0 Å². The molecular weight excluding hydrogens is 473 g/mol. The maximum absolute atomic E-state index is 13.3. The van der Waals surface area contributed by atoms with Gasteiger partial charge in [-0.15, -0.1) is 0 Å². The zero-order chi connectivity index (χ0) is 27.4. The molecule has 1 heterocycles. The number of hydrogen-bond acceptors (Lipinski definition) is 3. The number of aromatic hydroxyl groups is 1. The topological polar surface area (TPSA) is 45.0 Å². The van der Waals surface area contributed by atoms with E-state index in [-0.39, 0.29) is 21.9 Å². The van der Waals surface area contributed by atoms with Crippen molar-refractivity contribution in [1.82, 2.24) is 0 Å². The third-order valence-corrected chi connectivity index (χ3v) is 7.17. The fourth-order valence-electron chi connectivity index (χ4n) is 5.50. The Balaban J connectivity index is 1.93. The van der Waals surface area contributed by atoms with E-state index >= 15 is 0 Å². The van der Waals surface area contributed by atoms with Crippen LogP contribution in [0.15, 0.2) is 70.6 Å². The number of phenolic OH excluding ortho intramolecular Hbond substituents is 1. The zero-order valence-corrected chi connectivity index (χ0v) is 22.5. The summed E-state index contributed by atoms with van der Waals surface area (Å²) in [5, 5.41) is 12.2. The van der Waals surface area contributed by atoms with E-state index in [1.165, 1.54) is 6.07 Å². The van der Waals surface area contributed by atoms with Gasteiger partial charge in [-0.3, -0.25) is 9.98 Å². The standard InChI is InChI=1S/C31H35F3N2O/c1-28(2,3)18-29(4,5)21-15-22(26(37)23(16-21)30(6,7)19-11-9-8-10-12-19)27-35-24-14-13-20(31(32,33)34)17-25(24)36-27/h8-17,27,37H,18H2,1-7H3. The smallest absolute Gasteiger partial charge is 0.416 e. The van der Waals surface area contributed by atoms with E-state index in [0.29, 0.717) is 10.9 Å². The van der Waals surface area contributed by atoms with Crippen LogP contribution in [0.1, 0.15) is 88.9 Å². The fraction of sp³-hybridized carbons (Fsp3) is 0.419. The van der Waals surface area contributed by atoms with Gasteiger partial charge < -0.3 is 5.11 Å². The molecule has 0 amide bonds. The molecule has 6 heteroatoms. The van der Waals surface area contributed by atoms with E-state index in [4.69, 9.17) is 0 Å². The normalized spacial score (nSPS) is 16.2. The molecule has 0 fully saturated rings. The molecule has 0 saturated carbocycles. The summed E-state index contributed by atoms with van der Waals surface area (Å²) >= 11 is 0. The molecule has 1 N–H and O–H groups in total. The summed E-state index contributed by atoms with van der Waals surface area (Å²) in [4.78, 5) is 9.13. The summed E-state index contributed by atoms with van der Waals surface area (Å²) in [6, 6.07) is 17.4. The molecule has 3 aromatic rings. The minimum absolute atomic E-state index is 0.0585. The highest BCUT2D eigenvalue weighted by molar-refractivity contribution is 5.54. The van der Waals surface area contributed by atoms with Crippen LogP contribution in [0.4, 0.5) is 13.2 Å². The molecule has 3 aromatic carbocycles. The van der Waals surface area contributed by atoms with Crippen LogP contribution in [0.2, 0.25) is 0 Å². The van der Waals surface area contributed by atoms with Gasteiger partial charge in [0.05, 0.1) is 16.3 Å². The SMILES string of the molecule is CC(C)(C)CC(C)(C)c1cc(C2N=c3ccc(C(F)(F)F)cc3=N2)c(O)c(C(C)(C)c2ccccc2)c1. The Labute approximate surface area is 216 Å². The average Bonchev–Trinajstić information content (AvgIpc) is 3.20. The van der Waals surface area contributed by atoms with Crippen molar-refractivity contribution in [2.75, 3.05) is 0 Å². The van der Waals surface area contributed by atoms with Crippen LogP contribution in [0.3, 0.4) is 0 Å². The summed E-state index contributed by atoms with van der Waals surface area (Å²) in [5.41, 5.74) is 1.84. The quantitative estimate of drug-likeness (QED) is 0.383. The lowest BCUT2D eigenvalue weighted by molar-refractivity contribution is -0.137. The first-order chi connectivity index (χ1) is 17.0. The van der Waals surface area contributed by atoms with Crippen molar-refractivity contribution in [2.45, 2.75) is 78.1 Å². The van der Waals surface area contributed by atoms with Crippen LogP contribution >= 0.6 is 0 Å². The largest absolute Gasteiger partial charge is 0.507 e. The minimum atomic E-state index is -4.46. The maximum Gasteiger partial charge on any atom is 0.416 e. The Hall–Kier alpha value is -3.15. The number of phenols is 1. The van der Waals surface area contributed by atoms with E-state index < -0.39 is 23.3 Å². The van der Waals surface area contributed by atoms with Crippen LogP contribution in [-0.4, -0.2) is 5.11 Å². The van der Waals surface area contributed by atoms with Crippen LogP contribution in [0.5, 0.6) is 5.75 Å². The van der Waals surface area contributed by atoms with Crippen molar-refractivity contribution in [2.24, 2.45) is 15.4 Å². The van der Waals surface area contributed by atoms with Crippen molar-refractivity contribution in [3.63, 3.8) is 0 Å². The van der Waals surface area contributed by atoms with E-state index in [0.717, 1.165) is 35.2 Å². The number of nitrogens with zero attached hydrogens (tertiary/aromatic N) is 2. The summed E-state index contributed by atoms with van der Waals surface area (Å²) in [6.07, 6.45) is -4.40. The number of fused-ring (bicyclic) bond motifs is 1. The van der Waals surface area contributed by atoms with Crippen molar-refractivity contribution in [1.29, 1.82) is 0 Å². The molecule has 1 aliphatic heterocycles. The summed E-state index contributed by atoms with van der Waals surface area (Å²) in [7, 11) is 0. The molecule has 1 aliphatic rings. The predicted molar refractivity (Wildman–Crippen MR) is 140 cm³/mol. The molecule has 1 atom stereocenters. The maximum atomic E-state index is 13.3. The Morgan fingerprint density at radius 1 is 0.730 bits per heavy atom.